The van der Waals surface area contributed by atoms with E-state index in [1.807, 2.05) is 24.3 Å². The van der Waals surface area contributed by atoms with Gasteiger partial charge in [-0.05, 0) is 36.8 Å². The van der Waals surface area contributed by atoms with Crippen molar-refractivity contribution in [3.8, 4) is 11.5 Å². The molecule has 3 rings (SSSR count). The van der Waals surface area contributed by atoms with Gasteiger partial charge in [0, 0.05) is 31.3 Å². The van der Waals surface area contributed by atoms with Gasteiger partial charge < -0.3 is 9.73 Å². The molecule has 6 heteroatoms. The Morgan fingerprint density at radius 2 is 2.00 bits per heavy atom. The van der Waals surface area contributed by atoms with Crippen LogP contribution in [0.2, 0.25) is 0 Å². The van der Waals surface area contributed by atoms with E-state index in [9.17, 15) is 4.79 Å². The van der Waals surface area contributed by atoms with Gasteiger partial charge in [0.2, 0.25) is 11.8 Å². The minimum Gasteiger partial charge on any atom is -0.441 e. The summed E-state index contributed by atoms with van der Waals surface area (Å²) in [5, 5.41) is 2.86. The van der Waals surface area contributed by atoms with E-state index < -0.39 is 0 Å². The highest BCUT2D eigenvalue weighted by atomic mass is 16.4. The van der Waals surface area contributed by atoms with Crippen LogP contribution in [0.15, 0.2) is 53.5 Å². The summed E-state index contributed by atoms with van der Waals surface area (Å²) < 4.78 is 5.62. The highest BCUT2D eigenvalue weighted by Gasteiger charge is 2.14. The van der Waals surface area contributed by atoms with Crippen molar-refractivity contribution in [3.63, 3.8) is 0 Å². The van der Waals surface area contributed by atoms with Crippen molar-refractivity contribution in [2.75, 3.05) is 0 Å². The fourth-order valence-corrected chi connectivity index (χ4v) is 2.12. The first-order chi connectivity index (χ1) is 11.2. The van der Waals surface area contributed by atoms with Gasteiger partial charge in [-0.1, -0.05) is 0 Å². The molecule has 0 aliphatic heterocycles. The number of carbonyl (C=O) groups excluding carboxylic acids is 1. The average Bonchev–Trinajstić information content (AvgIpc) is 2.95. The van der Waals surface area contributed by atoms with Crippen LogP contribution in [0.3, 0.4) is 0 Å². The number of nitrogens with one attached hydrogen (secondary N) is 1. The number of aromatic nitrogens is 3. The van der Waals surface area contributed by atoms with Crippen molar-refractivity contribution < 1.29 is 9.21 Å². The normalized spacial score (nSPS) is 10.5. The first-order valence-electron chi connectivity index (χ1n) is 7.24. The second kappa shape index (κ2) is 6.83. The van der Waals surface area contributed by atoms with E-state index in [1.165, 1.54) is 0 Å². The first-order valence-corrected chi connectivity index (χ1v) is 7.24. The second-order valence-electron chi connectivity index (χ2n) is 5.07. The molecule has 3 heterocycles. The van der Waals surface area contributed by atoms with Crippen molar-refractivity contribution in [1.82, 2.24) is 20.3 Å². The number of amides is 1. The van der Waals surface area contributed by atoms with Crippen LogP contribution in [0.4, 0.5) is 0 Å². The molecule has 3 aromatic heterocycles. The fraction of sp³-hybridized carbons (Fsp3) is 0.176. The Morgan fingerprint density at radius 1 is 1.17 bits per heavy atom. The summed E-state index contributed by atoms with van der Waals surface area (Å²) >= 11 is 0. The van der Waals surface area contributed by atoms with Crippen LogP contribution in [-0.4, -0.2) is 20.9 Å². The van der Waals surface area contributed by atoms with Gasteiger partial charge in [-0.3, -0.25) is 14.8 Å². The van der Waals surface area contributed by atoms with Crippen molar-refractivity contribution >= 4 is 5.91 Å². The maximum Gasteiger partial charge on any atom is 0.228 e. The van der Waals surface area contributed by atoms with E-state index in [-0.39, 0.29) is 12.3 Å². The van der Waals surface area contributed by atoms with Crippen LogP contribution < -0.4 is 5.32 Å². The largest absolute Gasteiger partial charge is 0.441 e. The average molecular weight is 308 g/mol. The summed E-state index contributed by atoms with van der Waals surface area (Å²) in [6.45, 7) is 2.27. The molecule has 1 amide bonds. The lowest BCUT2D eigenvalue weighted by Crippen LogP contribution is -2.24. The third-order valence-electron chi connectivity index (χ3n) is 3.37. The number of hydrogen-bond donors (Lipinski definition) is 1. The molecule has 0 atom stereocenters. The van der Waals surface area contributed by atoms with Gasteiger partial charge in [-0.2, -0.15) is 0 Å². The molecule has 0 aromatic carbocycles. The predicted molar refractivity (Wildman–Crippen MR) is 84.3 cm³/mol. The van der Waals surface area contributed by atoms with Gasteiger partial charge in [-0.25, -0.2) is 4.98 Å². The zero-order valence-corrected chi connectivity index (χ0v) is 12.7. The molecule has 0 aliphatic rings. The number of pyridine rings is 2. The lowest BCUT2D eigenvalue weighted by atomic mass is 10.2. The standard InChI is InChI=1S/C17H16N4O2/c1-12-15(21-17(23-12)14-3-2-6-19-11-14)9-16(22)20-10-13-4-7-18-8-5-13/h2-8,11H,9-10H2,1H3,(H,20,22). The summed E-state index contributed by atoms with van der Waals surface area (Å²) in [4.78, 5) is 24.4. The Bertz CT molecular complexity index is 785. The molecule has 0 saturated carbocycles. The van der Waals surface area contributed by atoms with Crippen LogP contribution in [0.1, 0.15) is 17.0 Å². The highest BCUT2D eigenvalue weighted by molar-refractivity contribution is 5.78. The van der Waals surface area contributed by atoms with Gasteiger partial charge in [0.05, 0.1) is 17.7 Å². The molecule has 116 valence electrons. The second-order valence-corrected chi connectivity index (χ2v) is 5.07. The van der Waals surface area contributed by atoms with Crippen LogP contribution >= 0.6 is 0 Å². The van der Waals surface area contributed by atoms with Gasteiger partial charge in [0.1, 0.15) is 5.76 Å². The molecule has 6 nitrogen and oxygen atoms in total. The summed E-state index contributed by atoms with van der Waals surface area (Å²) in [5.74, 6) is 1.02. The SMILES string of the molecule is Cc1oc(-c2cccnc2)nc1CC(=O)NCc1ccncc1. The third-order valence-corrected chi connectivity index (χ3v) is 3.37. The van der Waals surface area contributed by atoms with Crippen molar-refractivity contribution in [3.05, 3.63) is 66.1 Å². The molecular formula is C17H16N4O2. The quantitative estimate of drug-likeness (QED) is 0.782. The number of hydrogen-bond acceptors (Lipinski definition) is 5. The number of oxazole rings is 1. The molecule has 23 heavy (non-hydrogen) atoms. The zero-order chi connectivity index (χ0) is 16.1. The summed E-state index contributed by atoms with van der Waals surface area (Å²) in [5.41, 5.74) is 2.43. The van der Waals surface area contributed by atoms with E-state index >= 15 is 0 Å². The molecular weight excluding hydrogens is 292 g/mol. The van der Waals surface area contributed by atoms with Crippen molar-refractivity contribution in [1.29, 1.82) is 0 Å². The predicted octanol–water partition coefficient (Wildman–Crippen LogP) is 2.30. The number of aryl methyl sites for hydroxylation is 1. The number of nitrogens with zero attached hydrogens (tertiary/aromatic N) is 3. The topological polar surface area (TPSA) is 80.9 Å². The number of carbonyl (C=O) groups is 1. The molecule has 0 saturated heterocycles. The van der Waals surface area contributed by atoms with Gasteiger partial charge in [0.15, 0.2) is 0 Å². The summed E-state index contributed by atoms with van der Waals surface area (Å²) in [6.07, 6.45) is 6.94. The van der Waals surface area contributed by atoms with Crippen molar-refractivity contribution in [2.45, 2.75) is 19.9 Å². The van der Waals surface area contributed by atoms with E-state index in [0.717, 1.165) is 11.1 Å². The summed E-state index contributed by atoms with van der Waals surface area (Å²) in [7, 11) is 0. The Morgan fingerprint density at radius 3 is 2.74 bits per heavy atom. The molecule has 1 N–H and O–H groups in total. The Balaban J connectivity index is 1.64. The highest BCUT2D eigenvalue weighted by Crippen LogP contribution is 2.20. The summed E-state index contributed by atoms with van der Waals surface area (Å²) in [6, 6.07) is 7.41. The smallest absolute Gasteiger partial charge is 0.228 e. The maximum atomic E-state index is 12.1. The van der Waals surface area contributed by atoms with E-state index in [4.69, 9.17) is 4.42 Å². The van der Waals surface area contributed by atoms with Crippen LogP contribution in [0.25, 0.3) is 11.5 Å². The maximum absolute atomic E-state index is 12.1. The fourth-order valence-electron chi connectivity index (χ4n) is 2.12. The minimum atomic E-state index is -0.101. The van der Waals surface area contributed by atoms with Gasteiger partial charge >= 0.3 is 0 Å². The Labute approximate surface area is 133 Å². The molecule has 0 fully saturated rings. The molecule has 3 aromatic rings. The van der Waals surface area contributed by atoms with Gasteiger partial charge in [0.25, 0.3) is 0 Å². The first kappa shape index (κ1) is 14.9. The van der Waals surface area contributed by atoms with Crippen LogP contribution in [0, 0.1) is 6.92 Å². The Kier molecular flexibility index (Phi) is 4.42. The molecule has 0 unspecified atom stereocenters. The van der Waals surface area contributed by atoms with Gasteiger partial charge in [-0.15, -0.1) is 0 Å². The van der Waals surface area contributed by atoms with E-state index in [2.05, 4.69) is 20.3 Å². The zero-order valence-electron chi connectivity index (χ0n) is 12.7. The van der Waals surface area contributed by atoms with Crippen molar-refractivity contribution in [2.24, 2.45) is 0 Å². The molecule has 0 radical (unpaired) electrons. The molecule has 0 spiro atoms. The molecule has 0 aliphatic carbocycles. The third kappa shape index (κ3) is 3.79. The lowest BCUT2D eigenvalue weighted by Gasteiger charge is -2.03. The number of rotatable bonds is 5. The molecule has 0 bridgehead atoms. The lowest BCUT2D eigenvalue weighted by molar-refractivity contribution is -0.120. The Hall–Kier alpha value is -3.02. The van der Waals surface area contributed by atoms with Crippen LogP contribution in [-0.2, 0) is 17.8 Å². The van der Waals surface area contributed by atoms with E-state index in [1.54, 1.807) is 31.7 Å². The minimum absolute atomic E-state index is 0.101. The van der Waals surface area contributed by atoms with E-state index in [0.29, 0.717) is 23.9 Å². The monoisotopic (exact) mass is 308 g/mol. The van der Waals surface area contributed by atoms with Crippen LogP contribution in [0.5, 0.6) is 0 Å².